The van der Waals surface area contributed by atoms with Crippen LogP contribution in [0.1, 0.15) is 26.8 Å². The normalized spacial score (nSPS) is 12.2. The summed E-state index contributed by atoms with van der Waals surface area (Å²) in [4.78, 5) is 13.6. The molecule has 33 heavy (non-hydrogen) atoms. The van der Waals surface area contributed by atoms with Crippen LogP contribution in [0.5, 0.6) is 0 Å². The largest absolute Gasteiger partial charge is 0.340 e. The van der Waals surface area contributed by atoms with Crippen LogP contribution in [-0.2, 0) is 10.0 Å². The van der Waals surface area contributed by atoms with E-state index >= 15 is 0 Å². The molecule has 0 saturated heterocycles. The van der Waals surface area contributed by atoms with E-state index in [1.54, 1.807) is 12.1 Å². The summed E-state index contributed by atoms with van der Waals surface area (Å²) in [6, 6.07) is 19.8. The van der Waals surface area contributed by atoms with Gasteiger partial charge in [-0.15, -0.1) is 11.3 Å². The molecule has 1 heterocycles. The summed E-state index contributed by atoms with van der Waals surface area (Å²) < 4.78 is 54.5. The van der Waals surface area contributed by atoms with Crippen LogP contribution in [0.3, 0.4) is 0 Å². The molecule has 1 amide bonds. The lowest BCUT2D eigenvalue weighted by atomic mass is 10.0. The Hall–Kier alpha value is -3.56. The molecular weight excluding hydrogens is 466 g/mol. The lowest BCUT2D eigenvalue weighted by Crippen LogP contribution is -2.28. The van der Waals surface area contributed by atoms with Crippen molar-refractivity contribution in [3.63, 3.8) is 0 Å². The molecule has 1 unspecified atom stereocenters. The number of hydrogen-bond acceptors (Lipinski definition) is 4. The molecule has 5 nitrogen and oxygen atoms in total. The SMILES string of the molecule is O=C(NC(c1ccc(F)cc1)c1cccs1)c1ccc(S(=O)(=O)Nc2ccccc2F)cc1. The maximum Gasteiger partial charge on any atom is 0.261 e. The minimum atomic E-state index is -4.04. The number of benzene rings is 3. The first-order valence-corrected chi connectivity index (χ1v) is 12.2. The molecule has 168 valence electrons. The molecular formula is C24H18F2N2O3S2. The molecule has 0 spiro atoms. The van der Waals surface area contributed by atoms with E-state index in [2.05, 4.69) is 10.0 Å². The number of para-hydroxylation sites is 1. The van der Waals surface area contributed by atoms with Gasteiger partial charge in [-0.25, -0.2) is 17.2 Å². The van der Waals surface area contributed by atoms with Crippen molar-refractivity contribution in [3.05, 3.63) is 118 Å². The summed E-state index contributed by atoms with van der Waals surface area (Å²) in [5.74, 6) is -1.50. The Bertz CT molecular complexity index is 1360. The van der Waals surface area contributed by atoms with Gasteiger partial charge in [-0.1, -0.05) is 30.3 Å². The van der Waals surface area contributed by atoms with Crippen LogP contribution in [0, 0.1) is 11.6 Å². The van der Waals surface area contributed by atoms with Gasteiger partial charge in [-0.2, -0.15) is 0 Å². The molecule has 4 rings (SSSR count). The summed E-state index contributed by atoms with van der Waals surface area (Å²) >= 11 is 1.45. The Morgan fingerprint density at radius 3 is 2.18 bits per heavy atom. The summed E-state index contributed by atoms with van der Waals surface area (Å²) in [5.41, 5.74) is 0.779. The van der Waals surface area contributed by atoms with Gasteiger partial charge >= 0.3 is 0 Å². The molecule has 9 heteroatoms. The Balaban J connectivity index is 1.53. The van der Waals surface area contributed by atoms with Crippen molar-refractivity contribution in [2.45, 2.75) is 10.9 Å². The maximum atomic E-state index is 13.8. The van der Waals surface area contributed by atoms with Crippen LogP contribution in [0.4, 0.5) is 14.5 Å². The number of halogens is 2. The van der Waals surface area contributed by atoms with E-state index in [0.29, 0.717) is 5.56 Å². The third-order valence-corrected chi connectivity index (χ3v) is 7.17. The zero-order chi connectivity index (χ0) is 23.4. The molecule has 2 N–H and O–H groups in total. The fourth-order valence-corrected chi connectivity index (χ4v) is 5.05. The lowest BCUT2D eigenvalue weighted by molar-refractivity contribution is 0.0943. The van der Waals surface area contributed by atoms with Gasteiger partial charge in [0.25, 0.3) is 15.9 Å². The van der Waals surface area contributed by atoms with Crippen molar-refractivity contribution < 1.29 is 22.0 Å². The zero-order valence-corrected chi connectivity index (χ0v) is 18.7. The van der Waals surface area contributed by atoms with Crippen molar-refractivity contribution in [2.75, 3.05) is 4.72 Å². The van der Waals surface area contributed by atoms with E-state index in [-0.39, 0.29) is 22.0 Å². The third kappa shape index (κ3) is 5.27. The van der Waals surface area contributed by atoms with Crippen molar-refractivity contribution >= 4 is 33.0 Å². The van der Waals surface area contributed by atoms with E-state index in [1.807, 2.05) is 17.5 Å². The smallest absolute Gasteiger partial charge is 0.261 e. The number of hydrogen-bond donors (Lipinski definition) is 2. The Morgan fingerprint density at radius 1 is 0.848 bits per heavy atom. The Morgan fingerprint density at radius 2 is 1.55 bits per heavy atom. The quantitative estimate of drug-likeness (QED) is 0.372. The second-order valence-electron chi connectivity index (χ2n) is 7.08. The molecule has 0 radical (unpaired) electrons. The maximum absolute atomic E-state index is 13.8. The van der Waals surface area contributed by atoms with Gasteiger partial charge in [0.2, 0.25) is 0 Å². The van der Waals surface area contributed by atoms with Gasteiger partial charge in [0.05, 0.1) is 16.6 Å². The molecule has 4 aromatic rings. The highest BCUT2D eigenvalue weighted by Crippen LogP contribution is 2.27. The molecule has 3 aromatic carbocycles. The van der Waals surface area contributed by atoms with E-state index in [0.717, 1.165) is 10.9 Å². The predicted octanol–water partition coefficient (Wildman–Crippen LogP) is 5.35. The summed E-state index contributed by atoms with van der Waals surface area (Å²) in [7, 11) is -4.04. The monoisotopic (exact) mass is 484 g/mol. The first-order chi connectivity index (χ1) is 15.8. The van der Waals surface area contributed by atoms with E-state index in [4.69, 9.17) is 0 Å². The summed E-state index contributed by atoms with van der Waals surface area (Å²) in [6.07, 6.45) is 0. The third-order valence-electron chi connectivity index (χ3n) is 4.85. The average Bonchev–Trinajstić information content (AvgIpc) is 3.34. The standard InChI is InChI=1S/C24H18F2N2O3S2/c25-18-11-7-16(8-12-18)23(22-6-3-15-32-22)27-24(29)17-9-13-19(14-10-17)33(30,31)28-21-5-2-1-4-20(21)26/h1-15,23,28H,(H,27,29). The number of carbonyl (C=O) groups excluding carboxylic acids is 1. The van der Waals surface area contributed by atoms with Gasteiger partial charge in [0.1, 0.15) is 11.6 Å². The first-order valence-electron chi connectivity index (χ1n) is 9.80. The minimum absolute atomic E-state index is 0.115. The number of anilines is 1. The summed E-state index contributed by atoms with van der Waals surface area (Å²) in [6.45, 7) is 0. The predicted molar refractivity (Wildman–Crippen MR) is 124 cm³/mol. The number of rotatable bonds is 7. The second kappa shape index (κ2) is 9.51. The van der Waals surface area contributed by atoms with Gasteiger partial charge in [-0.3, -0.25) is 9.52 Å². The average molecular weight is 485 g/mol. The van der Waals surface area contributed by atoms with E-state index < -0.39 is 27.8 Å². The highest BCUT2D eigenvalue weighted by Gasteiger charge is 2.21. The van der Waals surface area contributed by atoms with Crippen molar-refractivity contribution in [1.82, 2.24) is 5.32 Å². The van der Waals surface area contributed by atoms with Crippen molar-refractivity contribution in [1.29, 1.82) is 0 Å². The fraction of sp³-hybridized carbons (Fsp3) is 0.0417. The molecule has 0 saturated carbocycles. The number of amides is 1. The van der Waals surface area contributed by atoms with Crippen molar-refractivity contribution in [2.24, 2.45) is 0 Å². The van der Waals surface area contributed by atoms with Crippen LogP contribution in [0.25, 0.3) is 0 Å². The number of sulfonamides is 1. The Kier molecular flexibility index (Phi) is 6.52. The number of nitrogens with one attached hydrogen (secondary N) is 2. The van der Waals surface area contributed by atoms with Crippen LogP contribution in [0.15, 0.2) is 95.2 Å². The Labute approximate surface area is 193 Å². The fourth-order valence-electron chi connectivity index (χ4n) is 3.18. The molecule has 0 aliphatic rings. The molecule has 0 aliphatic carbocycles. The van der Waals surface area contributed by atoms with Crippen LogP contribution >= 0.6 is 11.3 Å². The zero-order valence-electron chi connectivity index (χ0n) is 17.0. The van der Waals surface area contributed by atoms with Crippen LogP contribution < -0.4 is 10.0 Å². The molecule has 0 fully saturated rings. The van der Waals surface area contributed by atoms with Gasteiger partial charge < -0.3 is 5.32 Å². The van der Waals surface area contributed by atoms with E-state index in [9.17, 15) is 22.0 Å². The molecule has 1 atom stereocenters. The van der Waals surface area contributed by atoms with Crippen molar-refractivity contribution in [3.8, 4) is 0 Å². The number of carbonyl (C=O) groups is 1. The van der Waals surface area contributed by atoms with Gasteiger partial charge in [0.15, 0.2) is 0 Å². The van der Waals surface area contributed by atoms with E-state index in [1.165, 1.54) is 65.9 Å². The topological polar surface area (TPSA) is 75.3 Å². The molecule has 0 bridgehead atoms. The van der Waals surface area contributed by atoms with Crippen LogP contribution in [-0.4, -0.2) is 14.3 Å². The summed E-state index contributed by atoms with van der Waals surface area (Å²) in [5, 5.41) is 4.79. The minimum Gasteiger partial charge on any atom is -0.340 e. The van der Waals surface area contributed by atoms with Gasteiger partial charge in [-0.05, 0) is 65.5 Å². The number of thiophene rings is 1. The lowest BCUT2D eigenvalue weighted by Gasteiger charge is -2.18. The second-order valence-corrected chi connectivity index (χ2v) is 9.74. The highest BCUT2D eigenvalue weighted by atomic mass is 32.2. The van der Waals surface area contributed by atoms with Gasteiger partial charge in [0, 0.05) is 10.4 Å². The first kappa shape index (κ1) is 22.6. The molecule has 1 aromatic heterocycles. The highest BCUT2D eigenvalue weighted by molar-refractivity contribution is 7.92. The molecule has 0 aliphatic heterocycles. The van der Waals surface area contributed by atoms with Crippen LogP contribution in [0.2, 0.25) is 0 Å².